The summed E-state index contributed by atoms with van der Waals surface area (Å²) in [7, 11) is 0. The average Bonchev–Trinajstić information content (AvgIpc) is 2.69. The molecular weight excluding hydrogens is 378 g/mol. The summed E-state index contributed by atoms with van der Waals surface area (Å²) in [5, 5.41) is 7.91. The van der Waals surface area contributed by atoms with Gasteiger partial charge in [0.1, 0.15) is 0 Å². The number of amides is 2. The third-order valence-electron chi connectivity index (χ3n) is 3.65. The summed E-state index contributed by atoms with van der Waals surface area (Å²) in [6.07, 6.45) is -0.411. The van der Waals surface area contributed by atoms with Gasteiger partial charge in [0.15, 0.2) is 10.9 Å². The Morgan fingerprint density at radius 1 is 0.929 bits per heavy atom. The van der Waals surface area contributed by atoms with Crippen molar-refractivity contribution in [3.8, 4) is 0 Å². The van der Waals surface area contributed by atoms with Crippen LogP contribution < -0.4 is 16.0 Å². The maximum atomic E-state index is 12.7. The number of hydrogen-bond donors (Lipinski definition) is 3. The summed E-state index contributed by atoms with van der Waals surface area (Å²) in [5.41, 5.74) is 1.75. The summed E-state index contributed by atoms with van der Waals surface area (Å²) in [5.74, 6) is -0.379. The number of benzene rings is 2. The van der Waals surface area contributed by atoms with Crippen LogP contribution in [-0.4, -0.2) is 29.5 Å². The predicted octanol–water partition coefficient (Wildman–Crippen LogP) is 3.71. The molecule has 146 valence electrons. The van der Waals surface area contributed by atoms with Gasteiger partial charge >= 0.3 is 6.09 Å². The van der Waals surface area contributed by atoms with Gasteiger partial charge in [-0.25, -0.2) is 4.79 Å². The van der Waals surface area contributed by atoms with E-state index < -0.39 is 6.09 Å². The van der Waals surface area contributed by atoms with E-state index in [4.69, 9.17) is 17.0 Å². The molecule has 0 spiro atoms. The van der Waals surface area contributed by atoms with Crippen LogP contribution in [0.4, 0.5) is 16.2 Å². The molecule has 0 unspecified atom stereocenters. The Bertz CT molecular complexity index is 884. The van der Waals surface area contributed by atoms with Crippen molar-refractivity contribution in [3.63, 3.8) is 0 Å². The summed E-state index contributed by atoms with van der Waals surface area (Å²) in [4.78, 5) is 36.0. The molecule has 0 aliphatic rings. The largest absolute Gasteiger partial charge is 0.450 e. The maximum absolute atomic E-state index is 12.7. The average molecular weight is 399 g/mol. The molecule has 0 aliphatic heterocycles. The number of ether oxygens (including phenoxy) is 1. The second kappa shape index (κ2) is 10.2. The molecule has 0 radical (unpaired) electrons. The Morgan fingerprint density at radius 2 is 1.64 bits per heavy atom. The molecule has 0 atom stereocenters. The van der Waals surface area contributed by atoms with E-state index in [1.54, 1.807) is 56.3 Å². The van der Waals surface area contributed by atoms with Crippen LogP contribution in [0.15, 0.2) is 48.5 Å². The smallest absolute Gasteiger partial charge is 0.413 e. The first-order valence-corrected chi connectivity index (χ1v) is 9.13. The lowest BCUT2D eigenvalue weighted by atomic mass is 10.0. The van der Waals surface area contributed by atoms with Gasteiger partial charge < -0.3 is 15.4 Å². The summed E-state index contributed by atoms with van der Waals surface area (Å²) in [6, 6.07) is 13.6. The maximum Gasteiger partial charge on any atom is 0.413 e. The molecule has 0 aliphatic carbocycles. The van der Waals surface area contributed by atoms with Gasteiger partial charge in [-0.2, -0.15) is 0 Å². The van der Waals surface area contributed by atoms with E-state index in [1.807, 2.05) is 6.07 Å². The van der Waals surface area contributed by atoms with Crippen molar-refractivity contribution < 1.29 is 19.1 Å². The normalized spacial score (nSPS) is 9.93. The standard InChI is InChI=1S/C20H21N3O4S/c1-3-17(24)21-15-11-10-14(18(25)13-8-6-5-7-9-13)12-16(15)22-19(28)23-20(26)27-4-2/h5-12H,3-4H2,1-2H3,(H,21,24)(H2,22,23,26,28). The van der Waals surface area contributed by atoms with Gasteiger partial charge in [-0.3, -0.25) is 14.9 Å². The van der Waals surface area contributed by atoms with Crippen molar-refractivity contribution in [3.05, 3.63) is 59.7 Å². The van der Waals surface area contributed by atoms with E-state index in [0.29, 0.717) is 22.5 Å². The van der Waals surface area contributed by atoms with Crippen LogP contribution in [-0.2, 0) is 9.53 Å². The molecule has 2 rings (SSSR count). The second-order valence-corrected chi connectivity index (χ2v) is 6.07. The van der Waals surface area contributed by atoms with Crippen molar-refractivity contribution in [2.24, 2.45) is 0 Å². The van der Waals surface area contributed by atoms with Gasteiger partial charge in [0.2, 0.25) is 5.91 Å². The lowest BCUT2D eigenvalue weighted by Crippen LogP contribution is -2.34. The van der Waals surface area contributed by atoms with Gasteiger partial charge in [0.05, 0.1) is 18.0 Å². The zero-order chi connectivity index (χ0) is 20.5. The van der Waals surface area contributed by atoms with E-state index in [9.17, 15) is 14.4 Å². The quantitative estimate of drug-likeness (QED) is 0.506. The van der Waals surface area contributed by atoms with Crippen LogP contribution in [0.25, 0.3) is 0 Å². The van der Waals surface area contributed by atoms with Gasteiger partial charge in [0.25, 0.3) is 0 Å². The monoisotopic (exact) mass is 399 g/mol. The molecule has 3 N–H and O–H groups in total. The van der Waals surface area contributed by atoms with Crippen molar-refractivity contribution in [1.82, 2.24) is 5.32 Å². The Morgan fingerprint density at radius 3 is 2.29 bits per heavy atom. The molecule has 0 fully saturated rings. The Kier molecular flexibility index (Phi) is 7.65. The first kappa shape index (κ1) is 21.0. The van der Waals surface area contributed by atoms with Crippen molar-refractivity contribution in [2.45, 2.75) is 20.3 Å². The van der Waals surface area contributed by atoms with Crippen LogP contribution in [0.3, 0.4) is 0 Å². The van der Waals surface area contributed by atoms with E-state index in [2.05, 4.69) is 16.0 Å². The molecule has 2 aromatic carbocycles. The minimum Gasteiger partial charge on any atom is -0.450 e. The number of thiocarbonyl (C=S) groups is 1. The first-order chi connectivity index (χ1) is 13.4. The Labute approximate surface area is 168 Å². The number of ketones is 1. The topological polar surface area (TPSA) is 96.5 Å². The molecule has 2 aromatic rings. The van der Waals surface area contributed by atoms with Gasteiger partial charge in [-0.15, -0.1) is 0 Å². The number of nitrogens with one attached hydrogen (secondary N) is 3. The van der Waals surface area contributed by atoms with Gasteiger partial charge in [-0.1, -0.05) is 37.3 Å². The number of carbonyl (C=O) groups is 3. The number of anilines is 2. The number of rotatable bonds is 6. The molecular formula is C20H21N3O4S. The fourth-order valence-corrected chi connectivity index (χ4v) is 2.50. The van der Waals surface area contributed by atoms with Gasteiger partial charge in [-0.05, 0) is 37.3 Å². The SMILES string of the molecule is CCOC(=O)NC(=S)Nc1cc(C(=O)c2ccccc2)ccc1NC(=O)CC. The van der Waals surface area contributed by atoms with Crippen molar-refractivity contribution in [2.75, 3.05) is 17.2 Å². The molecule has 0 aromatic heterocycles. The summed E-state index contributed by atoms with van der Waals surface area (Å²) < 4.78 is 4.78. The lowest BCUT2D eigenvalue weighted by Gasteiger charge is -2.15. The lowest BCUT2D eigenvalue weighted by molar-refractivity contribution is -0.115. The first-order valence-electron chi connectivity index (χ1n) is 8.73. The fourth-order valence-electron chi connectivity index (χ4n) is 2.31. The minimum absolute atomic E-state index is 0.0187. The Hall–Kier alpha value is -3.26. The predicted molar refractivity (Wildman–Crippen MR) is 112 cm³/mol. The number of alkyl carbamates (subject to hydrolysis) is 1. The molecule has 7 nitrogen and oxygen atoms in total. The van der Waals surface area contributed by atoms with E-state index in [-0.39, 0.29) is 29.8 Å². The highest BCUT2D eigenvalue weighted by Gasteiger charge is 2.14. The van der Waals surface area contributed by atoms with Crippen molar-refractivity contribution in [1.29, 1.82) is 0 Å². The van der Waals surface area contributed by atoms with Crippen LogP contribution in [0.5, 0.6) is 0 Å². The van der Waals surface area contributed by atoms with Crippen molar-refractivity contribution >= 4 is 46.5 Å². The third kappa shape index (κ3) is 5.88. The fraction of sp³-hybridized carbons (Fsp3) is 0.200. The second-order valence-electron chi connectivity index (χ2n) is 5.66. The molecule has 0 heterocycles. The third-order valence-corrected chi connectivity index (χ3v) is 3.86. The van der Waals surface area contributed by atoms with Crippen LogP contribution in [0, 0.1) is 0 Å². The molecule has 2 amide bonds. The zero-order valence-corrected chi connectivity index (χ0v) is 16.4. The molecule has 0 bridgehead atoms. The number of hydrogen-bond acceptors (Lipinski definition) is 5. The molecule has 28 heavy (non-hydrogen) atoms. The summed E-state index contributed by atoms with van der Waals surface area (Å²) in [6.45, 7) is 3.60. The Balaban J connectivity index is 2.29. The minimum atomic E-state index is -0.698. The van der Waals surface area contributed by atoms with Crippen LogP contribution in [0.1, 0.15) is 36.2 Å². The van der Waals surface area contributed by atoms with E-state index >= 15 is 0 Å². The summed E-state index contributed by atoms with van der Waals surface area (Å²) >= 11 is 5.11. The highest BCUT2D eigenvalue weighted by molar-refractivity contribution is 7.80. The van der Waals surface area contributed by atoms with Crippen LogP contribution >= 0.6 is 12.2 Å². The zero-order valence-electron chi connectivity index (χ0n) is 15.6. The van der Waals surface area contributed by atoms with E-state index in [0.717, 1.165) is 0 Å². The highest BCUT2D eigenvalue weighted by atomic mass is 32.1. The van der Waals surface area contributed by atoms with Crippen LogP contribution in [0.2, 0.25) is 0 Å². The molecule has 0 saturated heterocycles. The molecule has 0 saturated carbocycles. The highest BCUT2D eigenvalue weighted by Crippen LogP contribution is 2.25. The van der Waals surface area contributed by atoms with E-state index in [1.165, 1.54) is 0 Å². The number of carbonyl (C=O) groups excluding carboxylic acids is 3. The van der Waals surface area contributed by atoms with Gasteiger partial charge in [0, 0.05) is 17.5 Å². The molecule has 8 heteroatoms.